The quantitative estimate of drug-likeness (QED) is 0.318. The Morgan fingerprint density at radius 1 is 1.12 bits per heavy atom. The SMILES string of the molecule is C=CCCCCCCC=CCC(=O)OCC. The number of hydrogen-bond acceptors (Lipinski definition) is 2. The molecule has 0 saturated carbocycles. The van der Waals surface area contributed by atoms with E-state index in [0.717, 1.165) is 12.8 Å². The lowest BCUT2D eigenvalue weighted by Gasteiger charge is -1.97. The minimum absolute atomic E-state index is 0.135. The van der Waals surface area contributed by atoms with E-state index >= 15 is 0 Å². The predicted molar refractivity (Wildman–Crippen MR) is 68.3 cm³/mol. The summed E-state index contributed by atoms with van der Waals surface area (Å²) in [7, 11) is 0. The number of esters is 1. The third-order valence-electron chi connectivity index (χ3n) is 2.29. The first-order valence-corrected chi connectivity index (χ1v) is 6.22. The molecule has 0 saturated heterocycles. The fourth-order valence-corrected chi connectivity index (χ4v) is 1.42. The maximum Gasteiger partial charge on any atom is 0.309 e. The Hall–Kier alpha value is -1.05. The molecule has 16 heavy (non-hydrogen) atoms. The van der Waals surface area contributed by atoms with Crippen LogP contribution in [0.25, 0.3) is 0 Å². The van der Waals surface area contributed by atoms with Gasteiger partial charge in [-0.2, -0.15) is 0 Å². The highest BCUT2D eigenvalue weighted by atomic mass is 16.5. The summed E-state index contributed by atoms with van der Waals surface area (Å²) in [5.41, 5.74) is 0. The molecule has 0 aliphatic carbocycles. The van der Waals surface area contributed by atoms with Crippen LogP contribution >= 0.6 is 0 Å². The molecule has 0 radical (unpaired) electrons. The Labute approximate surface area is 99.4 Å². The Morgan fingerprint density at radius 2 is 1.81 bits per heavy atom. The molecule has 0 aliphatic rings. The molecular formula is C14H24O2. The summed E-state index contributed by atoms with van der Waals surface area (Å²) in [4.78, 5) is 11.0. The minimum Gasteiger partial charge on any atom is -0.466 e. The monoisotopic (exact) mass is 224 g/mol. The highest BCUT2D eigenvalue weighted by Crippen LogP contribution is 2.06. The van der Waals surface area contributed by atoms with Gasteiger partial charge in [0.25, 0.3) is 0 Å². The van der Waals surface area contributed by atoms with Crippen molar-refractivity contribution in [2.24, 2.45) is 0 Å². The summed E-state index contributed by atoms with van der Waals surface area (Å²) in [5, 5.41) is 0. The molecule has 0 fully saturated rings. The van der Waals surface area contributed by atoms with Crippen LogP contribution in [0.5, 0.6) is 0 Å². The molecule has 0 heterocycles. The summed E-state index contributed by atoms with van der Waals surface area (Å²) >= 11 is 0. The van der Waals surface area contributed by atoms with Crippen LogP contribution in [-0.2, 0) is 9.53 Å². The van der Waals surface area contributed by atoms with E-state index in [2.05, 4.69) is 12.7 Å². The van der Waals surface area contributed by atoms with Gasteiger partial charge in [-0.15, -0.1) is 6.58 Å². The Morgan fingerprint density at radius 3 is 2.44 bits per heavy atom. The summed E-state index contributed by atoms with van der Waals surface area (Å²) < 4.78 is 4.81. The largest absolute Gasteiger partial charge is 0.466 e. The second kappa shape index (κ2) is 12.0. The van der Waals surface area contributed by atoms with Gasteiger partial charge in [-0.25, -0.2) is 0 Å². The van der Waals surface area contributed by atoms with Crippen LogP contribution in [0.2, 0.25) is 0 Å². The predicted octanol–water partition coefficient (Wildman–Crippen LogP) is 4.02. The standard InChI is InChI=1S/C14H24O2/c1-3-5-6-7-8-9-10-11-12-13-14(15)16-4-2/h3,11-12H,1,4-10,13H2,2H3. The van der Waals surface area contributed by atoms with Gasteiger partial charge in [-0.05, 0) is 32.6 Å². The van der Waals surface area contributed by atoms with E-state index in [1.165, 1.54) is 25.7 Å². The van der Waals surface area contributed by atoms with Crippen molar-refractivity contribution in [3.8, 4) is 0 Å². The number of hydrogen-bond donors (Lipinski definition) is 0. The molecule has 0 aliphatic heterocycles. The zero-order valence-corrected chi connectivity index (χ0v) is 10.4. The van der Waals surface area contributed by atoms with Crippen LogP contribution < -0.4 is 0 Å². The third kappa shape index (κ3) is 11.0. The average molecular weight is 224 g/mol. The number of carbonyl (C=O) groups excluding carboxylic acids is 1. The van der Waals surface area contributed by atoms with Crippen molar-refractivity contribution < 1.29 is 9.53 Å². The van der Waals surface area contributed by atoms with Crippen LogP contribution in [0.3, 0.4) is 0 Å². The van der Waals surface area contributed by atoms with E-state index in [-0.39, 0.29) is 5.97 Å². The normalized spacial score (nSPS) is 10.6. The third-order valence-corrected chi connectivity index (χ3v) is 2.29. The molecule has 0 aromatic rings. The molecule has 0 aromatic carbocycles. The number of carbonyl (C=O) groups is 1. The van der Waals surface area contributed by atoms with Crippen molar-refractivity contribution in [1.82, 2.24) is 0 Å². The van der Waals surface area contributed by atoms with Gasteiger partial charge >= 0.3 is 5.97 Å². The van der Waals surface area contributed by atoms with E-state index in [1.807, 2.05) is 19.1 Å². The fourth-order valence-electron chi connectivity index (χ4n) is 1.42. The van der Waals surface area contributed by atoms with Gasteiger partial charge in [0.1, 0.15) is 0 Å². The molecule has 0 bridgehead atoms. The van der Waals surface area contributed by atoms with E-state index < -0.39 is 0 Å². The lowest BCUT2D eigenvalue weighted by molar-refractivity contribution is -0.142. The second-order valence-electron chi connectivity index (χ2n) is 3.76. The lowest BCUT2D eigenvalue weighted by Crippen LogP contribution is -2.01. The molecule has 0 aromatic heterocycles. The van der Waals surface area contributed by atoms with Gasteiger partial charge in [-0.1, -0.05) is 31.1 Å². The van der Waals surface area contributed by atoms with E-state index in [0.29, 0.717) is 13.0 Å². The molecule has 0 amide bonds. The van der Waals surface area contributed by atoms with Crippen molar-refractivity contribution in [2.45, 2.75) is 51.9 Å². The van der Waals surface area contributed by atoms with Crippen LogP contribution in [0.4, 0.5) is 0 Å². The molecular weight excluding hydrogens is 200 g/mol. The first-order valence-electron chi connectivity index (χ1n) is 6.22. The van der Waals surface area contributed by atoms with Gasteiger partial charge in [0.15, 0.2) is 0 Å². The molecule has 92 valence electrons. The first-order chi connectivity index (χ1) is 7.81. The van der Waals surface area contributed by atoms with Crippen molar-refractivity contribution in [2.75, 3.05) is 6.61 Å². The van der Waals surface area contributed by atoms with Gasteiger partial charge in [0.05, 0.1) is 13.0 Å². The van der Waals surface area contributed by atoms with Gasteiger partial charge in [0, 0.05) is 0 Å². The Bertz CT molecular complexity index is 207. The Balaban J connectivity index is 3.21. The zero-order valence-electron chi connectivity index (χ0n) is 10.4. The maximum absolute atomic E-state index is 11.0. The zero-order chi connectivity index (χ0) is 12.1. The molecule has 0 rings (SSSR count). The highest BCUT2D eigenvalue weighted by Gasteiger charge is 1.95. The molecule has 2 heteroatoms. The smallest absolute Gasteiger partial charge is 0.309 e. The van der Waals surface area contributed by atoms with Gasteiger partial charge in [0.2, 0.25) is 0 Å². The summed E-state index contributed by atoms with van der Waals surface area (Å²) in [6.45, 7) is 5.99. The topological polar surface area (TPSA) is 26.3 Å². The van der Waals surface area contributed by atoms with Gasteiger partial charge in [-0.3, -0.25) is 4.79 Å². The molecule has 0 N–H and O–H groups in total. The number of rotatable bonds is 10. The van der Waals surface area contributed by atoms with Crippen LogP contribution in [0, 0.1) is 0 Å². The van der Waals surface area contributed by atoms with E-state index in [4.69, 9.17) is 4.74 Å². The van der Waals surface area contributed by atoms with Crippen molar-refractivity contribution >= 4 is 5.97 Å². The van der Waals surface area contributed by atoms with Crippen molar-refractivity contribution in [3.05, 3.63) is 24.8 Å². The number of allylic oxidation sites excluding steroid dienone is 2. The number of ether oxygens (including phenoxy) is 1. The summed E-state index contributed by atoms with van der Waals surface area (Å²) in [5.74, 6) is -0.135. The maximum atomic E-state index is 11.0. The second-order valence-corrected chi connectivity index (χ2v) is 3.76. The summed E-state index contributed by atoms with van der Waals surface area (Å²) in [6.07, 6.45) is 13.5. The highest BCUT2D eigenvalue weighted by molar-refractivity contribution is 5.71. The average Bonchev–Trinajstić information content (AvgIpc) is 2.27. The van der Waals surface area contributed by atoms with Crippen molar-refractivity contribution in [3.63, 3.8) is 0 Å². The van der Waals surface area contributed by atoms with Crippen molar-refractivity contribution in [1.29, 1.82) is 0 Å². The fraction of sp³-hybridized carbons (Fsp3) is 0.643. The van der Waals surface area contributed by atoms with Crippen LogP contribution in [0.1, 0.15) is 51.9 Å². The molecule has 0 unspecified atom stereocenters. The Kier molecular flexibility index (Phi) is 11.2. The van der Waals surface area contributed by atoms with Crippen LogP contribution in [0.15, 0.2) is 24.8 Å². The molecule has 0 atom stereocenters. The van der Waals surface area contributed by atoms with E-state index in [9.17, 15) is 4.79 Å². The molecule has 0 spiro atoms. The lowest BCUT2D eigenvalue weighted by atomic mass is 10.1. The van der Waals surface area contributed by atoms with Crippen LogP contribution in [-0.4, -0.2) is 12.6 Å². The first kappa shape index (κ1) is 14.9. The van der Waals surface area contributed by atoms with Gasteiger partial charge < -0.3 is 4.74 Å². The van der Waals surface area contributed by atoms with E-state index in [1.54, 1.807) is 0 Å². The summed E-state index contributed by atoms with van der Waals surface area (Å²) in [6, 6.07) is 0. The number of unbranched alkanes of at least 4 members (excludes halogenated alkanes) is 5. The molecule has 2 nitrogen and oxygen atoms in total. The minimum atomic E-state index is -0.135.